The standard InChI is InChI=1S/C13H21N3O3/c1-9(2)5-11-12(13(14)17)18-4-3-16(11)7-10-6-15-8-19-10/h6,8-9,11-12H,3-5,7H2,1-2H3,(H2,14,17). The molecule has 2 unspecified atom stereocenters. The summed E-state index contributed by atoms with van der Waals surface area (Å²) in [7, 11) is 0. The van der Waals surface area contributed by atoms with E-state index in [1.807, 2.05) is 0 Å². The number of oxazole rings is 1. The summed E-state index contributed by atoms with van der Waals surface area (Å²) in [6.45, 7) is 6.15. The minimum absolute atomic E-state index is 0.00338. The fourth-order valence-corrected chi connectivity index (χ4v) is 2.51. The lowest BCUT2D eigenvalue weighted by Crippen LogP contribution is -2.56. The molecular formula is C13H21N3O3. The molecule has 2 heterocycles. The number of nitrogens with zero attached hydrogens (tertiary/aromatic N) is 2. The summed E-state index contributed by atoms with van der Waals surface area (Å²) in [6.07, 6.45) is 3.43. The van der Waals surface area contributed by atoms with Crippen molar-refractivity contribution >= 4 is 5.91 Å². The van der Waals surface area contributed by atoms with Crippen molar-refractivity contribution in [2.75, 3.05) is 13.2 Å². The first-order chi connectivity index (χ1) is 9.08. The molecule has 6 nitrogen and oxygen atoms in total. The molecule has 0 aliphatic carbocycles. The second-order valence-electron chi connectivity index (χ2n) is 5.33. The molecule has 2 N–H and O–H groups in total. The van der Waals surface area contributed by atoms with E-state index < -0.39 is 12.0 Å². The smallest absolute Gasteiger partial charge is 0.248 e. The molecule has 0 aromatic carbocycles. The molecule has 0 saturated carbocycles. The molecule has 2 atom stereocenters. The lowest BCUT2D eigenvalue weighted by molar-refractivity contribution is -0.144. The van der Waals surface area contributed by atoms with Gasteiger partial charge in [0.2, 0.25) is 5.91 Å². The Bertz CT molecular complexity index is 405. The van der Waals surface area contributed by atoms with Gasteiger partial charge in [-0.05, 0) is 12.3 Å². The first-order valence-corrected chi connectivity index (χ1v) is 6.60. The van der Waals surface area contributed by atoms with Crippen LogP contribution in [0.15, 0.2) is 17.0 Å². The summed E-state index contributed by atoms with van der Waals surface area (Å²) in [5, 5.41) is 0. The summed E-state index contributed by atoms with van der Waals surface area (Å²) in [4.78, 5) is 17.6. The quantitative estimate of drug-likeness (QED) is 0.852. The summed E-state index contributed by atoms with van der Waals surface area (Å²) >= 11 is 0. The molecule has 1 amide bonds. The lowest BCUT2D eigenvalue weighted by atomic mass is 9.95. The normalized spacial score (nSPS) is 24.8. The number of ether oxygens (including phenoxy) is 1. The Kier molecular flexibility index (Phi) is 4.55. The number of carbonyl (C=O) groups is 1. The topological polar surface area (TPSA) is 81.6 Å². The maximum Gasteiger partial charge on any atom is 0.248 e. The summed E-state index contributed by atoms with van der Waals surface area (Å²) < 4.78 is 10.8. The van der Waals surface area contributed by atoms with Gasteiger partial charge < -0.3 is 14.9 Å². The Morgan fingerprint density at radius 1 is 1.63 bits per heavy atom. The van der Waals surface area contributed by atoms with Crippen LogP contribution in [-0.2, 0) is 16.1 Å². The van der Waals surface area contributed by atoms with Crippen molar-refractivity contribution in [3.8, 4) is 0 Å². The highest BCUT2D eigenvalue weighted by Crippen LogP contribution is 2.23. The van der Waals surface area contributed by atoms with Crippen molar-refractivity contribution in [1.29, 1.82) is 0 Å². The third-order valence-corrected chi connectivity index (χ3v) is 3.33. The number of carbonyl (C=O) groups excluding carboxylic acids is 1. The number of aromatic nitrogens is 1. The number of hydrogen-bond donors (Lipinski definition) is 1. The average molecular weight is 267 g/mol. The molecule has 106 valence electrons. The molecular weight excluding hydrogens is 246 g/mol. The number of nitrogens with two attached hydrogens (primary N) is 1. The minimum atomic E-state index is -0.543. The zero-order valence-electron chi connectivity index (χ0n) is 11.4. The van der Waals surface area contributed by atoms with E-state index in [9.17, 15) is 4.79 Å². The highest BCUT2D eigenvalue weighted by atomic mass is 16.5. The van der Waals surface area contributed by atoms with E-state index in [1.54, 1.807) is 6.20 Å². The molecule has 1 aliphatic rings. The largest absolute Gasteiger partial charge is 0.447 e. The van der Waals surface area contributed by atoms with E-state index in [2.05, 4.69) is 23.7 Å². The van der Waals surface area contributed by atoms with Gasteiger partial charge in [-0.3, -0.25) is 9.69 Å². The van der Waals surface area contributed by atoms with Gasteiger partial charge in [0.1, 0.15) is 5.76 Å². The summed E-state index contributed by atoms with van der Waals surface area (Å²) in [6, 6.07) is -0.00338. The van der Waals surface area contributed by atoms with E-state index >= 15 is 0 Å². The van der Waals surface area contributed by atoms with Crippen LogP contribution in [0.25, 0.3) is 0 Å². The maximum atomic E-state index is 11.5. The number of morpholine rings is 1. The van der Waals surface area contributed by atoms with Gasteiger partial charge in [0.25, 0.3) is 0 Å². The first-order valence-electron chi connectivity index (χ1n) is 6.60. The SMILES string of the molecule is CC(C)CC1C(C(N)=O)OCCN1Cc1cnco1. The Hall–Kier alpha value is -1.40. The van der Waals surface area contributed by atoms with Gasteiger partial charge in [0.15, 0.2) is 12.5 Å². The van der Waals surface area contributed by atoms with Crippen LogP contribution in [0.4, 0.5) is 0 Å². The molecule has 1 aliphatic heterocycles. The second kappa shape index (κ2) is 6.16. The second-order valence-corrected chi connectivity index (χ2v) is 5.33. The zero-order valence-corrected chi connectivity index (χ0v) is 11.4. The Morgan fingerprint density at radius 2 is 2.42 bits per heavy atom. The fraction of sp³-hybridized carbons (Fsp3) is 0.692. The molecule has 1 aromatic heterocycles. The maximum absolute atomic E-state index is 11.5. The molecule has 1 saturated heterocycles. The average Bonchev–Trinajstić information content (AvgIpc) is 2.83. The Labute approximate surface area is 112 Å². The van der Waals surface area contributed by atoms with Crippen LogP contribution in [-0.4, -0.2) is 41.1 Å². The van der Waals surface area contributed by atoms with E-state index in [0.717, 1.165) is 18.7 Å². The van der Waals surface area contributed by atoms with Crippen molar-refractivity contribution in [2.24, 2.45) is 11.7 Å². The van der Waals surface area contributed by atoms with Crippen LogP contribution < -0.4 is 5.73 Å². The Morgan fingerprint density at radius 3 is 3.00 bits per heavy atom. The van der Waals surface area contributed by atoms with Crippen molar-refractivity contribution < 1.29 is 13.9 Å². The van der Waals surface area contributed by atoms with Crippen LogP contribution in [0, 0.1) is 5.92 Å². The van der Waals surface area contributed by atoms with Crippen molar-refractivity contribution in [3.63, 3.8) is 0 Å². The molecule has 0 bridgehead atoms. The molecule has 1 aromatic rings. The fourth-order valence-electron chi connectivity index (χ4n) is 2.51. The van der Waals surface area contributed by atoms with E-state index in [1.165, 1.54) is 6.39 Å². The molecule has 0 radical (unpaired) electrons. The van der Waals surface area contributed by atoms with Crippen molar-refractivity contribution in [1.82, 2.24) is 9.88 Å². The van der Waals surface area contributed by atoms with Crippen molar-refractivity contribution in [2.45, 2.75) is 39.0 Å². The van der Waals surface area contributed by atoms with Gasteiger partial charge >= 0.3 is 0 Å². The van der Waals surface area contributed by atoms with Crippen LogP contribution in [0.1, 0.15) is 26.0 Å². The van der Waals surface area contributed by atoms with Gasteiger partial charge in [-0.1, -0.05) is 13.8 Å². The zero-order chi connectivity index (χ0) is 13.8. The molecule has 1 fully saturated rings. The predicted molar refractivity (Wildman–Crippen MR) is 69.1 cm³/mol. The summed E-state index contributed by atoms with van der Waals surface area (Å²) in [5.41, 5.74) is 5.44. The monoisotopic (exact) mass is 267 g/mol. The van der Waals surface area contributed by atoms with Gasteiger partial charge in [0, 0.05) is 12.6 Å². The minimum Gasteiger partial charge on any atom is -0.447 e. The van der Waals surface area contributed by atoms with Crippen LogP contribution in [0.2, 0.25) is 0 Å². The number of primary amides is 1. The van der Waals surface area contributed by atoms with Gasteiger partial charge in [0.05, 0.1) is 19.3 Å². The summed E-state index contributed by atoms with van der Waals surface area (Å²) in [5.74, 6) is 0.859. The third kappa shape index (κ3) is 3.54. The van der Waals surface area contributed by atoms with Gasteiger partial charge in [-0.25, -0.2) is 4.98 Å². The van der Waals surface area contributed by atoms with Crippen molar-refractivity contribution in [3.05, 3.63) is 18.4 Å². The number of rotatable bonds is 5. The van der Waals surface area contributed by atoms with Crippen LogP contribution in [0.5, 0.6) is 0 Å². The molecule has 6 heteroatoms. The van der Waals surface area contributed by atoms with E-state index in [-0.39, 0.29) is 6.04 Å². The van der Waals surface area contributed by atoms with E-state index in [0.29, 0.717) is 19.1 Å². The third-order valence-electron chi connectivity index (χ3n) is 3.33. The lowest BCUT2D eigenvalue weighted by Gasteiger charge is -2.40. The highest BCUT2D eigenvalue weighted by molar-refractivity contribution is 5.79. The molecule has 19 heavy (non-hydrogen) atoms. The predicted octanol–water partition coefficient (Wildman–Crippen LogP) is 0.775. The Balaban J connectivity index is 2.11. The number of amides is 1. The van der Waals surface area contributed by atoms with E-state index in [4.69, 9.17) is 14.9 Å². The van der Waals surface area contributed by atoms with Crippen LogP contribution in [0.3, 0.4) is 0 Å². The van der Waals surface area contributed by atoms with Crippen LogP contribution >= 0.6 is 0 Å². The highest BCUT2D eigenvalue weighted by Gasteiger charge is 2.36. The van der Waals surface area contributed by atoms with Gasteiger partial charge in [-0.2, -0.15) is 0 Å². The first kappa shape index (κ1) is 14.0. The van der Waals surface area contributed by atoms with Gasteiger partial charge in [-0.15, -0.1) is 0 Å². The molecule has 0 spiro atoms. The number of hydrogen-bond acceptors (Lipinski definition) is 5. The molecule has 2 rings (SSSR count).